The number of hydrogen-bond acceptors (Lipinski definition) is 5. The van der Waals surface area contributed by atoms with E-state index in [0.29, 0.717) is 18.8 Å². The topological polar surface area (TPSA) is 102 Å². The Morgan fingerprint density at radius 1 is 1.72 bits per heavy atom. The summed E-state index contributed by atoms with van der Waals surface area (Å²) in [5.41, 5.74) is 6.33. The maximum Gasteiger partial charge on any atom is 0.407 e. The fourth-order valence-electron chi connectivity index (χ4n) is 1.84. The fraction of sp³-hybridized carbons (Fsp3) is 0.636. The van der Waals surface area contributed by atoms with E-state index in [1.165, 1.54) is 0 Å². The highest BCUT2D eigenvalue weighted by Crippen LogP contribution is 2.29. The summed E-state index contributed by atoms with van der Waals surface area (Å²) in [5, 5.41) is 9.31. The first-order valence-electron chi connectivity index (χ1n) is 5.94. The van der Waals surface area contributed by atoms with Crippen molar-refractivity contribution in [1.82, 2.24) is 15.5 Å². The Balaban J connectivity index is 1.83. The van der Waals surface area contributed by atoms with Crippen LogP contribution in [-0.2, 0) is 9.47 Å². The number of H-pyrrole nitrogens is 1. The van der Waals surface area contributed by atoms with Crippen molar-refractivity contribution in [3.63, 3.8) is 0 Å². The Labute approximate surface area is 105 Å². The van der Waals surface area contributed by atoms with E-state index in [9.17, 15) is 4.79 Å². The first-order chi connectivity index (χ1) is 8.54. The van der Waals surface area contributed by atoms with Crippen LogP contribution in [-0.4, -0.2) is 35.0 Å². The lowest BCUT2D eigenvalue weighted by Gasteiger charge is -2.13. The van der Waals surface area contributed by atoms with Crippen molar-refractivity contribution in [3.8, 4) is 0 Å². The van der Waals surface area contributed by atoms with Gasteiger partial charge in [0.2, 0.25) is 0 Å². The molecule has 18 heavy (non-hydrogen) atoms. The van der Waals surface area contributed by atoms with E-state index >= 15 is 0 Å². The Hall–Kier alpha value is -1.76. The van der Waals surface area contributed by atoms with Gasteiger partial charge in [0.25, 0.3) is 0 Å². The van der Waals surface area contributed by atoms with Gasteiger partial charge in [0.05, 0.1) is 12.3 Å². The Kier molecular flexibility index (Phi) is 3.71. The van der Waals surface area contributed by atoms with Gasteiger partial charge in [0.15, 0.2) is 0 Å². The van der Waals surface area contributed by atoms with Crippen molar-refractivity contribution in [2.75, 3.05) is 12.3 Å². The number of nitrogens with zero attached hydrogens (tertiary/aromatic N) is 1. The van der Waals surface area contributed by atoms with Crippen LogP contribution in [0.1, 0.15) is 32.1 Å². The molecule has 1 aromatic heterocycles. The summed E-state index contributed by atoms with van der Waals surface area (Å²) < 4.78 is 10.8. The average molecular weight is 254 g/mol. The summed E-state index contributed by atoms with van der Waals surface area (Å²) >= 11 is 0. The number of nitrogens with one attached hydrogen (secondary N) is 2. The number of carbonyl (C=O) groups is 1. The average Bonchev–Trinajstić information content (AvgIpc) is 2.85. The lowest BCUT2D eigenvalue weighted by molar-refractivity contribution is 0.0682. The summed E-state index contributed by atoms with van der Waals surface area (Å²) in [5.74, 6) is 0.426. The molecule has 0 radical (unpaired) electrons. The Morgan fingerprint density at radius 3 is 3.11 bits per heavy atom. The van der Waals surface area contributed by atoms with Crippen molar-refractivity contribution >= 4 is 11.9 Å². The molecule has 4 N–H and O–H groups in total. The minimum atomic E-state index is -0.414. The quantitative estimate of drug-likeness (QED) is 0.745. The molecule has 1 amide bonds. The molecule has 0 aromatic carbocycles. The number of rotatable bonds is 3. The zero-order valence-corrected chi connectivity index (χ0v) is 10.5. The molecule has 2 rings (SSSR count). The largest absolute Gasteiger partial charge is 0.444 e. The summed E-state index contributed by atoms with van der Waals surface area (Å²) in [6.45, 7) is 4.14. The number of carbonyl (C=O) groups excluding carboxylic acids is 1. The van der Waals surface area contributed by atoms with Gasteiger partial charge in [0.1, 0.15) is 18.0 Å². The van der Waals surface area contributed by atoms with Gasteiger partial charge in [-0.3, -0.25) is 5.10 Å². The summed E-state index contributed by atoms with van der Waals surface area (Å²) in [4.78, 5) is 11.4. The van der Waals surface area contributed by atoms with Crippen LogP contribution in [0, 0.1) is 0 Å². The Morgan fingerprint density at radius 2 is 2.50 bits per heavy atom. The van der Waals surface area contributed by atoms with Gasteiger partial charge in [-0.05, 0) is 13.8 Å². The van der Waals surface area contributed by atoms with E-state index in [1.807, 2.05) is 13.8 Å². The smallest absolute Gasteiger partial charge is 0.407 e. The monoisotopic (exact) mass is 254 g/mol. The van der Waals surface area contributed by atoms with Crippen LogP contribution in [0.5, 0.6) is 0 Å². The summed E-state index contributed by atoms with van der Waals surface area (Å²) in [6, 6.07) is 1.78. The van der Waals surface area contributed by atoms with Gasteiger partial charge in [-0.1, -0.05) is 0 Å². The predicted octanol–water partition coefficient (Wildman–Crippen LogP) is 0.956. The summed E-state index contributed by atoms with van der Waals surface area (Å²) in [7, 11) is 0. The molecule has 1 aliphatic heterocycles. The number of ether oxygens (including phenoxy) is 2. The third kappa shape index (κ3) is 3.13. The Bertz CT molecular complexity index is 418. The molecule has 0 spiro atoms. The third-order valence-corrected chi connectivity index (χ3v) is 2.60. The number of nitrogen functional groups attached to an aromatic ring is 1. The molecule has 1 aliphatic rings. The van der Waals surface area contributed by atoms with Crippen molar-refractivity contribution in [3.05, 3.63) is 11.8 Å². The minimum absolute atomic E-state index is 0.0584. The van der Waals surface area contributed by atoms with Gasteiger partial charge in [-0.25, -0.2) is 4.79 Å². The van der Waals surface area contributed by atoms with E-state index in [4.69, 9.17) is 15.2 Å². The van der Waals surface area contributed by atoms with E-state index in [-0.39, 0.29) is 18.2 Å². The number of anilines is 1. The first kappa shape index (κ1) is 12.7. The molecule has 2 atom stereocenters. The number of hydrogen-bond donors (Lipinski definition) is 3. The first-order valence-corrected chi connectivity index (χ1v) is 5.94. The van der Waals surface area contributed by atoms with Crippen molar-refractivity contribution < 1.29 is 14.3 Å². The van der Waals surface area contributed by atoms with E-state index in [1.54, 1.807) is 6.07 Å². The van der Waals surface area contributed by atoms with Crippen LogP contribution in [0.3, 0.4) is 0 Å². The minimum Gasteiger partial charge on any atom is -0.444 e. The highest BCUT2D eigenvalue weighted by atomic mass is 16.6. The number of nitrogens with two attached hydrogens (primary N) is 1. The maximum atomic E-state index is 11.4. The number of aromatic amines is 1. The van der Waals surface area contributed by atoms with Crippen LogP contribution >= 0.6 is 0 Å². The van der Waals surface area contributed by atoms with Crippen LogP contribution in [0.2, 0.25) is 0 Å². The second-order valence-electron chi connectivity index (χ2n) is 4.63. The summed E-state index contributed by atoms with van der Waals surface area (Å²) in [6.07, 6.45) is -0.194. The lowest BCUT2D eigenvalue weighted by Crippen LogP contribution is -2.33. The second kappa shape index (κ2) is 5.26. The van der Waals surface area contributed by atoms with E-state index in [0.717, 1.165) is 5.69 Å². The van der Waals surface area contributed by atoms with Gasteiger partial charge >= 0.3 is 6.09 Å². The molecule has 0 saturated carbocycles. The van der Waals surface area contributed by atoms with Crippen molar-refractivity contribution in [1.29, 1.82) is 0 Å². The molecule has 1 saturated heterocycles. The zero-order chi connectivity index (χ0) is 13.1. The molecule has 1 fully saturated rings. The van der Waals surface area contributed by atoms with Gasteiger partial charge in [0, 0.05) is 18.5 Å². The molecule has 0 bridgehead atoms. The van der Waals surface area contributed by atoms with E-state index in [2.05, 4.69) is 15.5 Å². The highest BCUT2D eigenvalue weighted by molar-refractivity contribution is 5.67. The fourth-order valence-corrected chi connectivity index (χ4v) is 1.84. The van der Waals surface area contributed by atoms with Gasteiger partial charge in [-0.2, -0.15) is 5.10 Å². The van der Waals surface area contributed by atoms with Gasteiger partial charge in [-0.15, -0.1) is 0 Å². The third-order valence-electron chi connectivity index (χ3n) is 2.60. The van der Waals surface area contributed by atoms with E-state index < -0.39 is 6.09 Å². The molecule has 7 nitrogen and oxygen atoms in total. The maximum absolute atomic E-state index is 11.4. The zero-order valence-electron chi connectivity index (χ0n) is 10.5. The SMILES string of the molecule is CC(C)NC(=O)O[C@@H]1CO[C@H](c2cc(N)n[nH]2)C1. The molecule has 0 unspecified atom stereocenters. The lowest BCUT2D eigenvalue weighted by atomic mass is 10.1. The number of alkyl carbamates (subject to hydrolysis) is 1. The molecular weight excluding hydrogens is 236 g/mol. The van der Waals surface area contributed by atoms with Crippen LogP contribution in [0.4, 0.5) is 10.6 Å². The molecule has 100 valence electrons. The van der Waals surface area contributed by atoms with Crippen molar-refractivity contribution in [2.24, 2.45) is 0 Å². The molecular formula is C11H18N4O3. The number of aromatic nitrogens is 2. The van der Waals surface area contributed by atoms with Crippen molar-refractivity contribution in [2.45, 2.75) is 38.5 Å². The predicted molar refractivity (Wildman–Crippen MR) is 64.9 cm³/mol. The highest BCUT2D eigenvalue weighted by Gasteiger charge is 2.30. The standard InChI is InChI=1S/C11H18N4O3/c1-6(2)13-11(16)18-7-3-9(17-5-7)8-4-10(12)15-14-8/h4,6-7,9H,3,5H2,1-2H3,(H,13,16)(H3,12,14,15)/t7-,9-/m0/s1. The second-order valence-corrected chi connectivity index (χ2v) is 4.63. The molecule has 1 aromatic rings. The van der Waals surface area contributed by atoms with Gasteiger partial charge < -0.3 is 20.5 Å². The normalized spacial score (nSPS) is 23.3. The molecule has 2 heterocycles. The van der Waals surface area contributed by atoms with Crippen LogP contribution < -0.4 is 11.1 Å². The van der Waals surface area contributed by atoms with Crippen LogP contribution in [0.15, 0.2) is 6.07 Å². The molecule has 7 heteroatoms. The van der Waals surface area contributed by atoms with Crippen LogP contribution in [0.25, 0.3) is 0 Å². The number of amides is 1. The molecule has 0 aliphatic carbocycles.